The molecule has 0 amide bonds. The van der Waals surface area contributed by atoms with Gasteiger partial charge in [0.2, 0.25) is 0 Å². The summed E-state index contributed by atoms with van der Waals surface area (Å²) in [5.41, 5.74) is 1.08. The number of ether oxygens (including phenoxy) is 1. The standard InChI is InChI=1S/C13H19N5O.HI/c1-4-5-15-13(14-2)18-6-7-19-12(10-18)11-8-16-17(3)9-11;/h1,8-9,12H,5-7,10H2,2-3H3,(H,14,15);1H. The molecule has 6 nitrogen and oxygen atoms in total. The number of rotatable bonds is 2. The second-order valence-electron chi connectivity index (χ2n) is 4.36. The van der Waals surface area contributed by atoms with Gasteiger partial charge in [-0.25, -0.2) is 0 Å². The Bertz CT molecular complexity index is 493. The van der Waals surface area contributed by atoms with E-state index in [-0.39, 0.29) is 30.1 Å². The maximum atomic E-state index is 5.79. The van der Waals surface area contributed by atoms with Gasteiger partial charge < -0.3 is 15.0 Å². The van der Waals surface area contributed by atoms with Crippen LogP contribution in [-0.2, 0) is 11.8 Å². The van der Waals surface area contributed by atoms with E-state index >= 15 is 0 Å². The average molecular weight is 389 g/mol. The number of aliphatic imine (C=N–C) groups is 1. The van der Waals surface area contributed by atoms with E-state index in [1.165, 1.54) is 0 Å². The molecule has 0 aromatic carbocycles. The topological polar surface area (TPSA) is 54.7 Å². The van der Waals surface area contributed by atoms with E-state index in [4.69, 9.17) is 11.2 Å². The van der Waals surface area contributed by atoms with Crippen molar-refractivity contribution in [2.45, 2.75) is 6.10 Å². The predicted molar refractivity (Wildman–Crippen MR) is 89.1 cm³/mol. The number of guanidine groups is 1. The van der Waals surface area contributed by atoms with Crippen molar-refractivity contribution in [1.82, 2.24) is 20.0 Å². The van der Waals surface area contributed by atoms with Crippen molar-refractivity contribution in [1.29, 1.82) is 0 Å². The summed E-state index contributed by atoms with van der Waals surface area (Å²) in [6.45, 7) is 2.69. The van der Waals surface area contributed by atoms with Gasteiger partial charge in [0.05, 0.1) is 25.9 Å². The van der Waals surface area contributed by atoms with E-state index in [0.29, 0.717) is 13.2 Å². The lowest BCUT2D eigenvalue weighted by Gasteiger charge is -2.34. The monoisotopic (exact) mass is 389 g/mol. The lowest BCUT2D eigenvalue weighted by atomic mass is 10.1. The van der Waals surface area contributed by atoms with Gasteiger partial charge in [-0.2, -0.15) is 5.10 Å². The highest BCUT2D eigenvalue weighted by Crippen LogP contribution is 2.21. The third-order valence-electron chi connectivity index (χ3n) is 3.02. The van der Waals surface area contributed by atoms with Crippen LogP contribution < -0.4 is 5.32 Å². The zero-order valence-electron chi connectivity index (χ0n) is 11.7. The Morgan fingerprint density at radius 1 is 1.70 bits per heavy atom. The molecule has 2 rings (SSSR count). The lowest BCUT2D eigenvalue weighted by Crippen LogP contribution is -2.48. The molecule has 1 aromatic rings. The van der Waals surface area contributed by atoms with Gasteiger partial charge >= 0.3 is 0 Å². The van der Waals surface area contributed by atoms with Crippen molar-refractivity contribution >= 4 is 29.9 Å². The van der Waals surface area contributed by atoms with Crippen molar-refractivity contribution in [2.75, 3.05) is 33.3 Å². The van der Waals surface area contributed by atoms with Crippen molar-refractivity contribution in [3.8, 4) is 12.3 Å². The Hall–Kier alpha value is -1.27. The molecule has 20 heavy (non-hydrogen) atoms. The molecule has 1 atom stereocenters. The molecular formula is C13H20IN5O. The minimum atomic E-state index is 0. The van der Waals surface area contributed by atoms with E-state index in [9.17, 15) is 0 Å². The molecule has 0 radical (unpaired) electrons. The maximum Gasteiger partial charge on any atom is 0.194 e. The van der Waals surface area contributed by atoms with E-state index in [1.807, 2.05) is 19.4 Å². The van der Waals surface area contributed by atoms with Crippen molar-refractivity contribution in [3.63, 3.8) is 0 Å². The number of aromatic nitrogens is 2. The molecule has 0 spiro atoms. The molecular weight excluding hydrogens is 369 g/mol. The second kappa shape index (κ2) is 8.11. The van der Waals surface area contributed by atoms with Crippen LogP contribution in [0.5, 0.6) is 0 Å². The van der Waals surface area contributed by atoms with Gasteiger partial charge in [-0.15, -0.1) is 30.4 Å². The Morgan fingerprint density at radius 2 is 2.50 bits per heavy atom. The van der Waals surface area contributed by atoms with E-state index in [2.05, 4.69) is 26.2 Å². The number of nitrogens with zero attached hydrogens (tertiary/aromatic N) is 4. The van der Waals surface area contributed by atoms with Crippen LogP contribution in [0.25, 0.3) is 0 Å². The molecule has 1 N–H and O–H groups in total. The molecule has 1 fully saturated rings. The molecule has 2 heterocycles. The lowest BCUT2D eigenvalue weighted by molar-refractivity contribution is -0.00795. The van der Waals surface area contributed by atoms with Crippen molar-refractivity contribution in [3.05, 3.63) is 18.0 Å². The van der Waals surface area contributed by atoms with Gasteiger partial charge in [0.15, 0.2) is 5.96 Å². The van der Waals surface area contributed by atoms with Crippen LogP contribution in [0.3, 0.4) is 0 Å². The quantitative estimate of drug-likeness (QED) is 0.349. The Morgan fingerprint density at radius 3 is 3.10 bits per heavy atom. The largest absolute Gasteiger partial charge is 0.370 e. The van der Waals surface area contributed by atoms with Crippen LogP contribution >= 0.6 is 24.0 Å². The highest BCUT2D eigenvalue weighted by Gasteiger charge is 2.24. The van der Waals surface area contributed by atoms with Crippen LogP contribution in [-0.4, -0.2) is 53.9 Å². The molecule has 1 aliphatic rings. The van der Waals surface area contributed by atoms with Crippen molar-refractivity contribution in [2.24, 2.45) is 12.0 Å². The van der Waals surface area contributed by atoms with Crippen LogP contribution in [0.15, 0.2) is 17.4 Å². The van der Waals surface area contributed by atoms with E-state index in [0.717, 1.165) is 24.6 Å². The number of halogens is 1. The predicted octanol–water partition coefficient (Wildman–Crippen LogP) is 0.620. The average Bonchev–Trinajstić information content (AvgIpc) is 2.87. The maximum absolute atomic E-state index is 5.79. The zero-order chi connectivity index (χ0) is 13.7. The van der Waals surface area contributed by atoms with Gasteiger partial charge in [0.25, 0.3) is 0 Å². The first-order chi connectivity index (χ1) is 9.24. The number of hydrogen-bond donors (Lipinski definition) is 1. The highest BCUT2D eigenvalue weighted by atomic mass is 127. The fourth-order valence-electron chi connectivity index (χ4n) is 2.11. The van der Waals surface area contributed by atoms with Gasteiger partial charge in [-0.05, 0) is 0 Å². The second-order valence-corrected chi connectivity index (χ2v) is 4.36. The summed E-state index contributed by atoms with van der Waals surface area (Å²) in [7, 11) is 3.66. The summed E-state index contributed by atoms with van der Waals surface area (Å²) in [6, 6.07) is 0. The Balaban J connectivity index is 0.00000200. The SMILES string of the molecule is C#CCNC(=NC)N1CCOC(c2cnn(C)c2)C1.I. The minimum absolute atomic E-state index is 0. The first-order valence-electron chi connectivity index (χ1n) is 6.23. The fourth-order valence-corrected chi connectivity index (χ4v) is 2.11. The Kier molecular flexibility index (Phi) is 6.81. The first kappa shape index (κ1) is 16.8. The van der Waals surface area contributed by atoms with Crippen molar-refractivity contribution < 1.29 is 4.74 Å². The van der Waals surface area contributed by atoms with Gasteiger partial charge in [-0.1, -0.05) is 5.92 Å². The number of hydrogen-bond acceptors (Lipinski definition) is 3. The summed E-state index contributed by atoms with van der Waals surface area (Å²) in [5.74, 6) is 3.37. The van der Waals surface area contributed by atoms with Gasteiger partial charge in [0, 0.05) is 32.4 Å². The molecule has 110 valence electrons. The molecule has 0 aliphatic carbocycles. The van der Waals surface area contributed by atoms with Crippen LogP contribution in [0.1, 0.15) is 11.7 Å². The van der Waals surface area contributed by atoms with Crippen LogP contribution in [0, 0.1) is 12.3 Å². The third-order valence-corrected chi connectivity index (χ3v) is 3.02. The van der Waals surface area contributed by atoms with E-state index < -0.39 is 0 Å². The minimum Gasteiger partial charge on any atom is -0.370 e. The summed E-state index contributed by atoms with van der Waals surface area (Å²) >= 11 is 0. The van der Waals surface area contributed by atoms with Crippen LogP contribution in [0.2, 0.25) is 0 Å². The third kappa shape index (κ3) is 4.11. The molecule has 0 saturated carbocycles. The molecule has 1 saturated heterocycles. The smallest absolute Gasteiger partial charge is 0.194 e. The molecule has 1 aliphatic heterocycles. The number of nitrogens with one attached hydrogen (secondary N) is 1. The summed E-state index contributed by atoms with van der Waals surface area (Å²) in [4.78, 5) is 6.39. The summed E-state index contributed by atoms with van der Waals surface area (Å²) < 4.78 is 7.57. The first-order valence-corrected chi connectivity index (χ1v) is 6.23. The summed E-state index contributed by atoms with van der Waals surface area (Å²) in [5, 5.41) is 7.31. The zero-order valence-corrected chi connectivity index (χ0v) is 14.1. The number of aryl methyl sites for hydroxylation is 1. The molecule has 0 bridgehead atoms. The van der Waals surface area contributed by atoms with Gasteiger partial charge in [0.1, 0.15) is 6.10 Å². The highest BCUT2D eigenvalue weighted by molar-refractivity contribution is 14.0. The number of terminal acetylenes is 1. The van der Waals surface area contributed by atoms with Gasteiger partial charge in [-0.3, -0.25) is 9.67 Å². The normalized spacial score (nSPS) is 19.1. The summed E-state index contributed by atoms with van der Waals surface area (Å²) in [6.07, 6.45) is 9.10. The van der Waals surface area contributed by atoms with Crippen LogP contribution in [0.4, 0.5) is 0 Å². The Labute approximate surface area is 136 Å². The molecule has 1 unspecified atom stereocenters. The molecule has 1 aromatic heterocycles. The van der Waals surface area contributed by atoms with E-state index in [1.54, 1.807) is 11.7 Å². The molecule has 7 heteroatoms. The number of morpholine rings is 1. The fraction of sp³-hybridized carbons (Fsp3) is 0.538.